The van der Waals surface area contributed by atoms with Gasteiger partial charge in [0.2, 0.25) is 0 Å². The molecule has 1 atom stereocenters. The molecular formula is C15H20Cl2N2. The van der Waals surface area contributed by atoms with Crippen LogP contribution in [-0.2, 0) is 5.88 Å². The van der Waals surface area contributed by atoms with Gasteiger partial charge in [-0.25, -0.2) is 0 Å². The van der Waals surface area contributed by atoms with E-state index in [1.54, 1.807) is 0 Å². The largest absolute Gasteiger partial charge is 0.370 e. The van der Waals surface area contributed by atoms with E-state index in [0.29, 0.717) is 11.9 Å². The second kappa shape index (κ2) is 5.90. The maximum Gasteiger partial charge on any atom is 0.0509 e. The molecule has 1 aromatic rings. The van der Waals surface area contributed by atoms with Gasteiger partial charge in [-0.2, -0.15) is 0 Å². The first-order valence-corrected chi connectivity index (χ1v) is 8.03. The Labute approximate surface area is 125 Å². The lowest BCUT2D eigenvalue weighted by molar-refractivity contribution is 0.260. The van der Waals surface area contributed by atoms with Gasteiger partial charge in [0.15, 0.2) is 0 Å². The molecule has 2 nitrogen and oxygen atoms in total. The van der Waals surface area contributed by atoms with E-state index in [-0.39, 0.29) is 0 Å². The number of nitrogens with zero attached hydrogens (tertiary/aromatic N) is 2. The first-order valence-electron chi connectivity index (χ1n) is 7.12. The van der Waals surface area contributed by atoms with Crippen LogP contribution >= 0.6 is 23.2 Å². The minimum Gasteiger partial charge on any atom is -0.370 e. The van der Waals surface area contributed by atoms with Gasteiger partial charge in [-0.3, -0.25) is 4.90 Å². The van der Waals surface area contributed by atoms with Gasteiger partial charge in [-0.05, 0) is 44.5 Å². The summed E-state index contributed by atoms with van der Waals surface area (Å²) in [5, 5.41) is 0.789. The minimum atomic E-state index is 0.486. The van der Waals surface area contributed by atoms with Gasteiger partial charge in [-0.1, -0.05) is 17.7 Å². The molecule has 0 aliphatic carbocycles. The Balaban J connectivity index is 1.75. The summed E-state index contributed by atoms with van der Waals surface area (Å²) in [4.78, 5) is 5.09. The van der Waals surface area contributed by atoms with Crippen LogP contribution in [0.25, 0.3) is 0 Å². The van der Waals surface area contributed by atoms with Crippen molar-refractivity contribution in [2.45, 2.75) is 31.2 Å². The Morgan fingerprint density at radius 1 is 1.16 bits per heavy atom. The van der Waals surface area contributed by atoms with Crippen LogP contribution in [0.15, 0.2) is 18.2 Å². The highest BCUT2D eigenvalue weighted by Gasteiger charge is 2.30. The summed E-state index contributed by atoms with van der Waals surface area (Å²) in [6, 6.07) is 6.81. The van der Waals surface area contributed by atoms with E-state index in [4.69, 9.17) is 23.2 Å². The molecule has 2 saturated heterocycles. The summed E-state index contributed by atoms with van der Waals surface area (Å²) < 4.78 is 0. The number of hydrogen-bond donors (Lipinski definition) is 0. The fourth-order valence-electron chi connectivity index (χ4n) is 3.34. The molecule has 104 valence electrons. The van der Waals surface area contributed by atoms with Crippen molar-refractivity contribution in [3.63, 3.8) is 0 Å². The third-order valence-corrected chi connectivity index (χ3v) is 5.01. The standard InChI is InChI=1S/C15H20Cl2N2/c16-10-13-14(17)4-3-5-15(13)19-9-6-12(11-19)18-7-1-2-8-18/h3-5,12H,1-2,6-11H2. The van der Waals surface area contributed by atoms with Crippen molar-refractivity contribution in [3.8, 4) is 0 Å². The maximum atomic E-state index is 6.25. The van der Waals surface area contributed by atoms with Gasteiger partial charge in [0, 0.05) is 35.4 Å². The van der Waals surface area contributed by atoms with Crippen LogP contribution in [0.1, 0.15) is 24.8 Å². The lowest BCUT2D eigenvalue weighted by Gasteiger charge is -2.25. The number of alkyl halides is 1. The van der Waals surface area contributed by atoms with Crippen LogP contribution in [0, 0.1) is 0 Å². The van der Waals surface area contributed by atoms with E-state index in [1.807, 2.05) is 12.1 Å². The van der Waals surface area contributed by atoms with Crippen molar-refractivity contribution in [2.75, 3.05) is 31.1 Å². The van der Waals surface area contributed by atoms with Crippen LogP contribution in [-0.4, -0.2) is 37.1 Å². The molecule has 0 bridgehead atoms. The number of anilines is 1. The van der Waals surface area contributed by atoms with Crippen LogP contribution < -0.4 is 4.90 Å². The first-order chi connectivity index (χ1) is 9.29. The van der Waals surface area contributed by atoms with Gasteiger partial charge in [-0.15, -0.1) is 11.6 Å². The van der Waals surface area contributed by atoms with E-state index in [9.17, 15) is 0 Å². The predicted molar refractivity (Wildman–Crippen MR) is 82.4 cm³/mol. The second-order valence-electron chi connectivity index (χ2n) is 5.50. The zero-order valence-corrected chi connectivity index (χ0v) is 12.6. The van der Waals surface area contributed by atoms with E-state index < -0.39 is 0 Å². The van der Waals surface area contributed by atoms with Gasteiger partial charge in [0.1, 0.15) is 0 Å². The number of halogens is 2. The number of benzene rings is 1. The molecule has 2 heterocycles. The van der Waals surface area contributed by atoms with Gasteiger partial charge in [0.25, 0.3) is 0 Å². The lowest BCUT2D eigenvalue weighted by atomic mass is 10.2. The molecule has 19 heavy (non-hydrogen) atoms. The fourth-order valence-corrected chi connectivity index (χ4v) is 3.93. The monoisotopic (exact) mass is 298 g/mol. The highest BCUT2D eigenvalue weighted by molar-refractivity contribution is 6.32. The summed E-state index contributed by atoms with van der Waals surface area (Å²) in [5.41, 5.74) is 2.30. The quantitative estimate of drug-likeness (QED) is 0.784. The smallest absolute Gasteiger partial charge is 0.0509 e. The van der Waals surface area contributed by atoms with Crippen molar-refractivity contribution < 1.29 is 0 Å². The molecule has 0 saturated carbocycles. The minimum absolute atomic E-state index is 0.486. The number of rotatable bonds is 3. The van der Waals surface area contributed by atoms with E-state index in [0.717, 1.165) is 23.7 Å². The van der Waals surface area contributed by atoms with Crippen LogP contribution in [0.3, 0.4) is 0 Å². The third-order valence-electron chi connectivity index (χ3n) is 4.39. The molecule has 0 amide bonds. The Hall–Kier alpha value is -0.440. The lowest BCUT2D eigenvalue weighted by Crippen LogP contribution is -2.35. The average molecular weight is 299 g/mol. The molecule has 2 aliphatic heterocycles. The molecule has 0 aromatic heterocycles. The molecule has 0 spiro atoms. The Bertz CT molecular complexity index is 444. The first kappa shape index (κ1) is 13.5. The third kappa shape index (κ3) is 2.72. The van der Waals surface area contributed by atoms with Gasteiger partial charge < -0.3 is 4.90 Å². The van der Waals surface area contributed by atoms with Crippen molar-refractivity contribution in [1.29, 1.82) is 0 Å². The van der Waals surface area contributed by atoms with Crippen LogP contribution in [0.4, 0.5) is 5.69 Å². The fraction of sp³-hybridized carbons (Fsp3) is 0.600. The number of likely N-dealkylation sites (tertiary alicyclic amines) is 1. The topological polar surface area (TPSA) is 6.48 Å². The maximum absolute atomic E-state index is 6.25. The Kier molecular flexibility index (Phi) is 4.21. The predicted octanol–water partition coefficient (Wildman–Crippen LogP) is 3.75. The average Bonchev–Trinajstić information content (AvgIpc) is 3.09. The summed E-state index contributed by atoms with van der Waals surface area (Å²) >= 11 is 12.3. The van der Waals surface area contributed by atoms with E-state index >= 15 is 0 Å². The summed E-state index contributed by atoms with van der Waals surface area (Å²) in [7, 11) is 0. The molecule has 2 fully saturated rings. The normalized spacial score (nSPS) is 24.3. The highest BCUT2D eigenvalue weighted by Crippen LogP contribution is 2.32. The molecule has 2 aliphatic rings. The molecule has 4 heteroatoms. The number of hydrogen-bond acceptors (Lipinski definition) is 2. The van der Waals surface area contributed by atoms with E-state index in [2.05, 4.69) is 15.9 Å². The van der Waals surface area contributed by atoms with Crippen molar-refractivity contribution in [1.82, 2.24) is 4.90 Å². The molecule has 0 radical (unpaired) electrons. The van der Waals surface area contributed by atoms with Crippen molar-refractivity contribution >= 4 is 28.9 Å². The molecule has 3 rings (SSSR count). The highest BCUT2D eigenvalue weighted by atomic mass is 35.5. The van der Waals surface area contributed by atoms with Crippen LogP contribution in [0.5, 0.6) is 0 Å². The molecular weight excluding hydrogens is 279 g/mol. The van der Waals surface area contributed by atoms with E-state index in [1.165, 1.54) is 38.0 Å². The van der Waals surface area contributed by atoms with Gasteiger partial charge >= 0.3 is 0 Å². The summed E-state index contributed by atoms with van der Waals surface area (Å²) in [6.45, 7) is 4.78. The Morgan fingerprint density at radius 2 is 1.95 bits per heavy atom. The van der Waals surface area contributed by atoms with Crippen LogP contribution in [0.2, 0.25) is 5.02 Å². The zero-order valence-electron chi connectivity index (χ0n) is 11.1. The zero-order chi connectivity index (χ0) is 13.2. The van der Waals surface area contributed by atoms with Crippen molar-refractivity contribution in [3.05, 3.63) is 28.8 Å². The molecule has 1 aromatic carbocycles. The van der Waals surface area contributed by atoms with Crippen molar-refractivity contribution in [2.24, 2.45) is 0 Å². The molecule has 1 unspecified atom stereocenters. The summed E-state index contributed by atoms with van der Waals surface area (Å²) in [6.07, 6.45) is 3.98. The second-order valence-corrected chi connectivity index (χ2v) is 6.18. The SMILES string of the molecule is ClCc1c(Cl)cccc1N1CCC(N2CCCC2)C1. The summed E-state index contributed by atoms with van der Waals surface area (Å²) in [5.74, 6) is 0.486. The van der Waals surface area contributed by atoms with Gasteiger partial charge in [0.05, 0.1) is 5.88 Å². The Morgan fingerprint density at radius 3 is 2.68 bits per heavy atom. The molecule has 0 N–H and O–H groups in total.